The molecule has 1 unspecified atom stereocenters. The summed E-state index contributed by atoms with van der Waals surface area (Å²) in [5.41, 5.74) is 1.33. The van der Waals surface area contributed by atoms with Crippen LogP contribution in [0.3, 0.4) is 0 Å². The second-order valence-corrected chi connectivity index (χ2v) is 10.4. The van der Waals surface area contributed by atoms with Crippen molar-refractivity contribution < 1.29 is 18.7 Å². The number of morpholine rings is 1. The van der Waals surface area contributed by atoms with Crippen molar-refractivity contribution in [1.29, 1.82) is 0 Å². The molecule has 0 bridgehead atoms. The molecule has 1 aliphatic heterocycles. The molecule has 0 spiro atoms. The molecule has 168 valence electrons. The minimum atomic E-state index is -1.96. The van der Waals surface area contributed by atoms with Gasteiger partial charge in [0.25, 0.3) is 0 Å². The molecule has 13 heteroatoms. The SMILES string of the molecule is Cc1nc(-c2ccccc2)c(NC(=O)NS(=O)c2cc([N+](=O)[O-])c(N3CCOCC3)s2)s1. The van der Waals surface area contributed by atoms with Crippen LogP contribution in [0.5, 0.6) is 0 Å². The van der Waals surface area contributed by atoms with Gasteiger partial charge in [-0.15, -0.1) is 11.3 Å². The Hall–Kier alpha value is -2.87. The third-order valence-electron chi connectivity index (χ3n) is 4.54. The number of thiazole rings is 1. The van der Waals surface area contributed by atoms with Crippen molar-refractivity contribution >= 4 is 55.4 Å². The zero-order chi connectivity index (χ0) is 22.7. The predicted octanol–water partition coefficient (Wildman–Crippen LogP) is 3.77. The van der Waals surface area contributed by atoms with E-state index >= 15 is 0 Å². The van der Waals surface area contributed by atoms with E-state index in [9.17, 15) is 19.1 Å². The summed E-state index contributed by atoms with van der Waals surface area (Å²) >= 11 is 2.33. The maximum Gasteiger partial charge on any atom is 0.332 e. The van der Waals surface area contributed by atoms with Gasteiger partial charge in [0, 0.05) is 24.7 Å². The smallest absolute Gasteiger partial charge is 0.332 e. The number of hydrogen-bond acceptors (Lipinski definition) is 9. The zero-order valence-corrected chi connectivity index (χ0v) is 19.3. The zero-order valence-electron chi connectivity index (χ0n) is 16.9. The Morgan fingerprint density at radius 2 is 1.97 bits per heavy atom. The number of thiophene rings is 1. The number of ether oxygens (including phenoxy) is 1. The first-order valence-corrected chi connectivity index (χ1v) is 12.3. The topological polar surface area (TPSA) is 127 Å². The molecule has 32 heavy (non-hydrogen) atoms. The van der Waals surface area contributed by atoms with Crippen LogP contribution >= 0.6 is 22.7 Å². The van der Waals surface area contributed by atoms with Crippen molar-refractivity contribution in [1.82, 2.24) is 9.71 Å². The number of nitrogens with zero attached hydrogens (tertiary/aromatic N) is 3. The van der Waals surface area contributed by atoms with Gasteiger partial charge in [-0.3, -0.25) is 20.2 Å². The van der Waals surface area contributed by atoms with E-state index in [4.69, 9.17) is 4.74 Å². The number of hydrogen-bond donors (Lipinski definition) is 2. The molecular formula is C19H19N5O5S3. The van der Waals surface area contributed by atoms with Crippen LogP contribution in [-0.2, 0) is 15.7 Å². The Morgan fingerprint density at radius 1 is 1.25 bits per heavy atom. The number of aryl methyl sites for hydroxylation is 1. The van der Waals surface area contributed by atoms with Crippen LogP contribution in [0.15, 0.2) is 40.6 Å². The summed E-state index contributed by atoms with van der Waals surface area (Å²) in [4.78, 5) is 29.8. The number of urea groups is 1. The summed E-state index contributed by atoms with van der Waals surface area (Å²) < 4.78 is 20.6. The number of nitrogens with one attached hydrogen (secondary N) is 2. The van der Waals surface area contributed by atoms with Gasteiger partial charge in [0.1, 0.15) is 14.9 Å². The number of carbonyl (C=O) groups excluding carboxylic acids is 1. The first-order chi connectivity index (χ1) is 15.4. The second-order valence-electron chi connectivity index (χ2n) is 6.71. The van der Waals surface area contributed by atoms with Crippen molar-refractivity contribution in [2.45, 2.75) is 11.1 Å². The van der Waals surface area contributed by atoms with Crippen molar-refractivity contribution in [3.8, 4) is 11.3 Å². The average molecular weight is 494 g/mol. The fraction of sp³-hybridized carbons (Fsp3) is 0.263. The summed E-state index contributed by atoms with van der Waals surface area (Å²) in [7, 11) is -1.96. The summed E-state index contributed by atoms with van der Waals surface area (Å²) in [5, 5.41) is 15.9. The lowest BCUT2D eigenvalue weighted by Gasteiger charge is -2.26. The Bertz CT molecular complexity index is 1160. The highest BCUT2D eigenvalue weighted by Crippen LogP contribution is 2.39. The number of aromatic nitrogens is 1. The van der Waals surface area contributed by atoms with Crippen molar-refractivity contribution in [2.75, 3.05) is 36.5 Å². The highest BCUT2D eigenvalue weighted by atomic mass is 32.2. The second kappa shape index (κ2) is 9.73. The summed E-state index contributed by atoms with van der Waals surface area (Å²) in [6.45, 7) is 3.78. The van der Waals surface area contributed by atoms with Gasteiger partial charge >= 0.3 is 11.7 Å². The van der Waals surface area contributed by atoms with Crippen LogP contribution in [-0.4, -0.2) is 46.5 Å². The minimum Gasteiger partial charge on any atom is -0.378 e. The van der Waals surface area contributed by atoms with E-state index in [2.05, 4.69) is 15.0 Å². The Labute approximate surface area is 194 Å². The number of amides is 2. The first-order valence-electron chi connectivity index (χ1n) is 9.55. The molecule has 1 aromatic carbocycles. The monoisotopic (exact) mass is 493 g/mol. The van der Waals surface area contributed by atoms with E-state index in [0.717, 1.165) is 21.9 Å². The molecule has 1 atom stereocenters. The molecule has 3 heterocycles. The molecule has 1 fully saturated rings. The maximum atomic E-state index is 12.7. The normalized spacial score (nSPS) is 14.7. The van der Waals surface area contributed by atoms with Crippen LogP contribution in [0.4, 0.5) is 20.5 Å². The highest BCUT2D eigenvalue weighted by Gasteiger charge is 2.28. The van der Waals surface area contributed by atoms with Gasteiger partial charge in [0.15, 0.2) is 16.0 Å². The summed E-state index contributed by atoms with van der Waals surface area (Å²) in [6, 6.07) is 9.96. The lowest BCUT2D eigenvalue weighted by Crippen LogP contribution is -2.35. The van der Waals surface area contributed by atoms with Crippen LogP contribution in [0.2, 0.25) is 0 Å². The first kappa shape index (κ1) is 22.3. The quantitative estimate of drug-likeness (QED) is 0.395. The molecular weight excluding hydrogens is 474 g/mol. The standard InChI is InChI=1S/C19H19N5O5S3/c1-12-20-16(13-5-3-2-4-6-13)17(30-12)21-19(25)22-32(28)15-11-14(24(26)27)18(31-15)23-7-9-29-10-8-23/h2-6,11H,7-10H2,1H3,(H2,21,22,25). The van der Waals surface area contributed by atoms with Gasteiger partial charge in [0.05, 0.1) is 23.1 Å². The third-order valence-corrected chi connectivity index (χ3v) is 7.97. The van der Waals surface area contributed by atoms with Gasteiger partial charge in [-0.05, 0) is 6.92 Å². The number of anilines is 2. The lowest BCUT2D eigenvalue weighted by molar-refractivity contribution is -0.383. The Balaban J connectivity index is 1.49. The molecule has 0 saturated carbocycles. The van der Waals surface area contributed by atoms with E-state index in [1.54, 1.807) is 0 Å². The van der Waals surface area contributed by atoms with E-state index in [0.29, 0.717) is 42.0 Å². The van der Waals surface area contributed by atoms with Gasteiger partial charge < -0.3 is 9.64 Å². The molecule has 2 aromatic heterocycles. The van der Waals surface area contributed by atoms with Crippen LogP contribution in [0, 0.1) is 17.0 Å². The fourth-order valence-corrected chi connectivity index (χ4v) is 6.08. The van der Waals surface area contributed by atoms with Crippen molar-refractivity contribution in [3.63, 3.8) is 0 Å². The fourth-order valence-electron chi connectivity index (χ4n) is 3.13. The van der Waals surface area contributed by atoms with Gasteiger partial charge in [-0.25, -0.2) is 14.0 Å². The van der Waals surface area contributed by atoms with E-state index in [1.165, 1.54) is 17.4 Å². The molecule has 2 N–H and O–H groups in total. The maximum absolute atomic E-state index is 12.7. The molecule has 4 rings (SSSR count). The van der Waals surface area contributed by atoms with Gasteiger partial charge in [-0.1, -0.05) is 41.7 Å². The lowest BCUT2D eigenvalue weighted by atomic mass is 10.2. The molecule has 1 saturated heterocycles. The third kappa shape index (κ3) is 4.96. The van der Waals surface area contributed by atoms with E-state index < -0.39 is 21.9 Å². The molecule has 1 aliphatic rings. The van der Waals surface area contributed by atoms with Gasteiger partial charge in [0.2, 0.25) is 0 Å². The van der Waals surface area contributed by atoms with Crippen LogP contribution in [0.1, 0.15) is 5.01 Å². The van der Waals surface area contributed by atoms with Crippen molar-refractivity contribution in [2.24, 2.45) is 0 Å². The summed E-state index contributed by atoms with van der Waals surface area (Å²) in [6.07, 6.45) is 0. The van der Waals surface area contributed by atoms with Crippen molar-refractivity contribution in [3.05, 3.63) is 51.5 Å². The number of benzene rings is 1. The molecule has 10 nitrogen and oxygen atoms in total. The van der Waals surface area contributed by atoms with E-state index in [1.807, 2.05) is 42.2 Å². The number of carbonyl (C=O) groups is 1. The molecule has 2 amide bonds. The number of nitro groups is 1. The Kier molecular flexibility index (Phi) is 6.79. The van der Waals surface area contributed by atoms with Gasteiger partial charge in [-0.2, -0.15) is 0 Å². The predicted molar refractivity (Wildman–Crippen MR) is 125 cm³/mol. The average Bonchev–Trinajstić information content (AvgIpc) is 3.39. The molecule has 3 aromatic rings. The molecule has 0 aliphatic carbocycles. The van der Waals surface area contributed by atoms with Crippen LogP contribution < -0.4 is 14.9 Å². The number of rotatable bonds is 6. The largest absolute Gasteiger partial charge is 0.378 e. The molecule has 0 radical (unpaired) electrons. The Morgan fingerprint density at radius 3 is 2.66 bits per heavy atom. The summed E-state index contributed by atoms with van der Waals surface area (Å²) in [5.74, 6) is 0. The van der Waals surface area contributed by atoms with E-state index in [-0.39, 0.29) is 9.90 Å². The minimum absolute atomic E-state index is 0.132. The van der Waals surface area contributed by atoms with Crippen LogP contribution in [0.25, 0.3) is 11.3 Å². The highest BCUT2D eigenvalue weighted by molar-refractivity contribution is 7.86.